The number of carboxylic acid groups (broad SMARTS) is 1. The minimum atomic E-state index is -0.787. The van der Waals surface area contributed by atoms with E-state index in [1.54, 1.807) is 10.7 Å². The molecule has 0 saturated heterocycles. The van der Waals surface area contributed by atoms with E-state index in [0.717, 1.165) is 17.5 Å². The maximum absolute atomic E-state index is 12.9. The predicted octanol–water partition coefficient (Wildman–Crippen LogP) is 2.04. The van der Waals surface area contributed by atoms with Crippen molar-refractivity contribution < 1.29 is 14.3 Å². The first kappa shape index (κ1) is 12.8. The average Bonchev–Trinajstić information content (AvgIpc) is 2.76. The summed E-state index contributed by atoms with van der Waals surface area (Å²) in [6.45, 7) is 2.33. The molecule has 5 nitrogen and oxygen atoms in total. The van der Waals surface area contributed by atoms with Crippen molar-refractivity contribution in [3.63, 3.8) is 0 Å². The molecule has 3 rings (SSSR count). The summed E-state index contributed by atoms with van der Waals surface area (Å²) in [4.78, 5) is 15.1. The topological polar surface area (TPSA) is 68.0 Å². The number of fused-ring (bicyclic) bond motifs is 1. The lowest BCUT2D eigenvalue weighted by Gasteiger charge is -2.20. The normalized spacial score (nSPS) is 17.8. The van der Waals surface area contributed by atoms with Gasteiger partial charge >= 0.3 is 5.97 Å². The fourth-order valence-corrected chi connectivity index (χ4v) is 2.63. The number of halogens is 1. The summed E-state index contributed by atoms with van der Waals surface area (Å²) in [5.74, 6) is -1.57. The molecular weight excluding hydrogens is 261 g/mol. The fourth-order valence-electron chi connectivity index (χ4n) is 2.63. The Morgan fingerprint density at radius 3 is 2.95 bits per heavy atom. The minimum absolute atomic E-state index is 0.382. The van der Waals surface area contributed by atoms with Gasteiger partial charge in [0.2, 0.25) is 0 Å². The van der Waals surface area contributed by atoms with Gasteiger partial charge < -0.3 is 5.11 Å². The summed E-state index contributed by atoms with van der Waals surface area (Å²) in [6.07, 6.45) is 2.47. The number of nitrogens with zero attached hydrogens (tertiary/aromatic N) is 3. The Bertz CT molecular complexity index is 664. The van der Waals surface area contributed by atoms with Crippen LogP contribution in [0.2, 0.25) is 0 Å². The molecule has 1 unspecified atom stereocenters. The molecule has 0 radical (unpaired) electrons. The van der Waals surface area contributed by atoms with E-state index < -0.39 is 11.9 Å². The molecule has 2 aromatic heterocycles. The van der Waals surface area contributed by atoms with Gasteiger partial charge in [0.05, 0.1) is 24.4 Å². The van der Waals surface area contributed by atoms with E-state index in [2.05, 4.69) is 10.1 Å². The smallest absolute Gasteiger partial charge is 0.308 e. The number of aromatic nitrogens is 3. The van der Waals surface area contributed by atoms with E-state index in [4.69, 9.17) is 5.11 Å². The third-order valence-electron chi connectivity index (χ3n) is 3.76. The summed E-state index contributed by atoms with van der Waals surface area (Å²) in [5.41, 5.74) is 3.35. The quantitative estimate of drug-likeness (QED) is 0.910. The fraction of sp³-hybridized carbons (Fsp3) is 0.357. The Morgan fingerprint density at radius 1 is 1.50 bits per heavy atom. The van der Waals surface area contributed by atoms with Crippen molar-refractivity contribution in [2.75, 3.05) is 0 Å². The zero-order valence-electron chi connectivity index (χ0n) is 11.0. The highest BCUT2D eigenvalue weighted by molar-refractivity contribution is 5.70. The number of carbonyl (C=O) groups is 1. The summed E-state index contributed by atoms with van der Waals surface area (Å²) in [6, 6.07) is 2.94. The summed E-state index contributed by atoms with van der Waals surface area (Å²) in [5, 5.41) is 13.5. The van der Waals surface area contributed by atoms with Crippen molar-refractivity contribution in [3.8, 4) is 11.4 Å². The molecule has 3 heterocycles. The van der Waals surface area contributed by atoms with E-state index >= 15 is 0 Å². The van der Waals surface area contributed by atoms with Crippen LogP contribution in [0.5, 0.6) is 0 Å². The molecule has 1 atom stereocenters. The third-order valence-corrected chi connectivity index (χ3v) is 3.76. The molecule has 0 fully saturated rings. The number of aliphatic carboxylic acids is 1. The maximum Gasteiger partial charge on any atom is 0.308 e. The van der Waals surface area contributed by atoms with Gasteiger partial charge in [-0.3, -0.25) is 14.5 Å². The van der Waals surface area contributed by atoms with Crippen molar-refractivity contribution >= 4 is 5.97 Å². The van der Waals surface area contributed by atoms with Gasteiger partial charge in [-0.15, -0.1) is 0 Å². The highest BCUT2D eigenvalue weighted by Gasteiger charge is 2.28. The van der Waals surface area contributed by atoms with Crippen molar-refractivity contribution in [3.05, 3.63) is 35.4 Å². The second kappa shape index (κ2) is 4.70. The van der Waals surface area contributed by atoms with Crippen molar-refractivity contribution in [2.24, 2.45) is 5.92 Å². The first-order valence-electron chi connectivity index (χ1n) is 6.47. The van der Waals surface area contributed by atoms with Crippen LogP contribution < -0.4 is 0 Å². The lowest BCUT2D eigenvalue weighted by Crippen LogP contribution is -2.27. The monoisotopic (exact) mass is 275 g/mol. The van der Waals surface area contributed by atoms with Crippen LogP contribution in [0.3, 0.4) is 0 Å². The number of pyridine rings is 1. The maximum atomic E-state index is 12.9. The van der Waals surface area contributed by atoms with E-state index in [0.29, 0.717) is 30.8 Å². The molecule has 0 amide bonds. The van der Waals surface area contributed by atoms with Crippen LogP contribution in [0.25, 0.3) is 11.4 Å². The summed E-state index contributed by atoms with van der Waals surface area (Å²) in [7, 11) is 0. The van der Waals surface area contributed by atoms with Gasteiger partial charge in [-0.05, 0) is 37.5 Å². The highest BCUT2D eigenvalue weighted by atomic mass is 19.1. The van der Waals surface area contributed by atoms with Crippen molar-refractivity contribution in [2.45, 2.75) is 26.3 Å². The molecule has 0 bridgehead atoms. The van der Waals surface area contributed by atoms with Gasteiger partial charge in [0.25, 0.3) is 0 Å². The van der Waals surface area contributed by atoms with Crippen molar-refractivity contribution in [1.29, 1.82) is 0 Å². The third kappa shape index (κ3) is 2.07. The molecule has 1 aliphatic rings. The van der Waals surface area contributed by atoms with Crippen LogP contribution >= 0.6 is 0 Å². The standard InChI is InChI=1S/C14H14FN3O2/c1-8-12-5-2-9(14(19)20)7-18(12)17-13(8)11-4-3-10(15)6-16-11/h3-4,6,9H,2,5,7H2,1H3,(H,19,20). The number of carboxylic acids is 1. The first-order valence-corrected chi connectivity index (χ1v) is 6.47. The van der Waals surface area contributed by atoms with Crippen molar-refractivity contribution in [1.82, 2.24) is 14.8 Å². The Hall–Kier alpha value is -2.24. The summed E-state index contributed by atoms with van der Waals surface area (Å²) >= 11 is 0. The van der Waals surface area contributed by atoms with Crippen LogP contribution in [0.4, 0.5) is 4.39 Å². The molecule has 2 aromatic rings. The number of rotatable bonds is 2. The Kier molecular flexibility index (Phi) is 3.00. The molecule has 1 aliphatic heterocycles. The van der Waals surface area contributed by atoms with Crippen LogP contribution in [-0.2, 0) is 17.8 Å². The summed E-state index contributed by atoms with van der Waals surface area (Å²) < 4.78 is 14.7. The molecule has 0 aromatic carbocycles. The van der Waals surface area contributed by atoms with E-state index in [9.17, 15) is 9.18 Å². The molecular formula is C14H14FN3O2. The minimum Gasteiger partial charge on any atom is -0.481 e. The first-order chi connectivity index (χ1) is 9.56. The Morgan fingerprint density at radius 2 is 2.30 bits per heavy atom. The lowest BCUT2D eigenvalue weighted by molar-refractivity contribution is -0.142. The van der Waals surface area contributed by atoms with Crippen LogP contribution in [0.1, 0.15) is 17.7 Å². The van der Waals surface area contributed by atoms with Gasteiger partial charge in [0.15, 0.2) is 0 Å². The molecule has 0 saturated carbocycles. The molecule has 104 valence electrons. The lowest BCUT2D eigenvalue weighted by atomic mass is 9.96. The van der Waals surface area contributed by atoms with E-state index in [-0.39, 0.29) is 5.82 Å². The molecule has 0 spiro atoms. The van der Waals surface area contributed by atoms with Gasteiger partial charge in [0, 0.05) is 5.69 Å². The van der Waals surface area contributed by atoms with Crippen LogP contribution in [-0.4, -0.2) is 25.8 Å². The van der Waals surface area contributed by atoms with Gasteiger partial charge in [-0.1, -0.05) is 0 Å². The second-order valence-electron chi connectivity index (χ2n) is 5.04. The second-order valence-corrected chi connectivity index (χ2v) is 5.04. The number of hydrogen-bond donors (Lipinski definition) is 1. The largest absolute Gasteiger partial charge is 0.481 e. The van der Waals surface area contributed by atoms with Gasteiger partial charge in [0.1, 0.15) is 11.5 Å². The van der Waals surface area contributed by atoms with E-state index in [1.165, 1.54) is 6.07 Å². The average molecular weight is 275 g/mol. The zero-order valence-corrected chi connectivity index (χ0v) is 11.0. The Balaban J connectivity index is 1.99. The molecule has 20 heavy (non-hydrogen) atoms. The Labute approximate surface area is 115 Å². The SMILES string of the molecule is Cc1c(-c2ccc(F)cn2)nn2c1CCC(C(=O)O)C2. The van der Waals surface area contributed by atoms with Crippen LogP contribution in [0.15, 0.2) is 18.3 Å². The van der Waals surface area contributed by atoms with Gasteiger partial charge in [-0.2, -0.15) is 5.10 Å². The van der Waals surface area contributed by atoms with Gasteiger partial charge in [-0.25, -0.2) is 4.39 Å². The zero-order chi connectivity index (χ0) is 14.3. The number of hydrogen-bond acceptors (Lipinski definition) is 3. The molecule has 1 N–H and O–H groups in total. The van der Waals surface area contributed by atoms with E-state index in [1.807, 2.05) is 6.92 Å². The molecule has 6 heteroatoms. The predicted molar refractivity (Wildman–Crippen MR) is 69.6 cm³/mol. The van der Waals surface area contributed by atoms with Crippen LogP contribution in [0, 0.1) is 18.7 Å². The highest BCUT2D eigenvalue weighted by Crippen LogP contribution is 2.29. The molecule has 0 aliphatic carbocycles.